The summed E-state index contributed by atoms with van der Waals surface area (Å²) in [6, 6.07) is 9.30. The monoisotopic (exact) mass is 276 g/mol. The molecule has 0 saturated carbocycles. The van der Waals surface area contributed by atoms with Gasteiger partial charge >= 0.3 is 0 Å². The van der Waals surface area contributed by atoms with E-state index in [0.29, 0.717) is 18.6 Å². The van der Waals surface area contributed by atoms with Crippen LogP contribution >= 0.6 is 11.6 Å². The molecule has 1 aromatic carbocycles. The minimum absolute atomic E-state index is 0.0244. The summed E-state index contributed by atoms with van der Waals surface area (Å²) < 4.78 is 10.6. The van der Waals surface area contributed by atoms with E-state index in [0.717, 1.165) is 24.3 Å². The lowest BCUT2D eigenvalue weighted by atomic mass is 10.0. The number of aryl methyl sites for hydroxylation is 1. The molecule has 0 fully saturated rings. The first-order valence-electron chi connectivity index (χ1n) is 6.25. The zero-order valence-electron chi connectivity index (χ0n) is 10.3. The number of ketones is 1. The fraction of sp³-hybridized carbons (Fsp3) is 0.267. The quantitative estimate of drug-likeness (QED) is 0.800. The summed E-state index contributed by atoms with van der Waals surface area (Å²) in [5.41, 5.74) is 2.38. The molecule has 98 valence electrons. The largest absolute Gasteiger partial charge is 0.493 e. The Morgan fingerprint density at radius 3 is 2.95 bits per heavy atom. The van der Waals surface area contributed by atoms with Crippen molar-refractivity contribution in [3.05, 3.63) is 52.4 Å². The second-order valence-corrected chi connectivity index (χ2v) is 4.94. The molecule has 0 bridgehead atoms. The zero-order chi connectivity index (χ0) is 13.2. The van der Waals surface area contributed by atoms with Crippen LogP contribution in [0.5, 0.6) is 5.75 Å². The first-order chi connectivity index (χ1) is 9.22. The van der Waals surface area contributed by atoms with Gasteiger partial charge in [0.15, 0.2) is 16.8 Å². The molecule has 1 aromatic heterocycles. The maximum atomic E-state index is 11.9. The molecule has 4 heteroatoms. The summed E-state index contributed by atoms with van der Waals surface area (Å²) in [4.78, 5) is 11.9. The fourth-order valence-electron chi connectivity index (χ4n) is 2.24. The highest BCUT2D eigenvalue weighted by atomic mass is 35.5. The van der Waals surface area contributed by atoms with Crippen molar-refractivity contribution in [2.75, 3.05) is 6.61 Å². The van der Waals surface area contributed by atoms with Gasteiger partial charge in [-0.1, -0.05) is 12.1 Å². The molecular formula is C15H13ClO3. The van der Waals surface area contributed by atoms with Crippen LogP contribution in [-0.2, 0) is 12.8 Å². The molecule has 0 atom stereocenters. The SMILES string of the molecule is O=C(CCc1ccc2c(c1)CCO2)c1ccc(Cl)o1. The highest BCUT2D eigenvalue weighted by molar-refractivity contribution is 6.29. The van der Waals surface area contributed by atoms with Crippen molar-refractivity contribution in [1.29, 1.82) is 0 Å². The van der Waals surface area contributed by atoms with Gasteiger partial charge in [0.25, 0.3) is 0 Å². The number of furan rings is 1. The first kappa shape index (κ1) is 12.3. The third kappa shape index (κ3) is 2.66. The average Bonchev–Trinajstić information content (AvgIpc) is 3.03. The molecule has 1 aliphatic heterocycles. The Morgan fingerprint density at radius 1 is 1.26 bits per heavy atom. The molecule has 0 unspecified atom stereocenters. The highest BCUT2D eigenvalue weighted by Gasteiger charge is 2.14. The smallest absolute Gasteiger partial charge is 0.198 e. The van der Waals surface area contributed by atoms with Crippen LogP contribution < -0.4 is 4.74 Å². The predicted molar refractivity (Wildman–Crippen MR) is 72.0 cm³/mol. The zero-order valence-corrected chi connectivity index (χ0v) is 11.1. The lowest BCUT2D eigenvalue weighted by Crippen LogP contribution is -1.99. The topological polar surface area (TPSA) is 39.4 Å². The van der Waals surface area contributed by atoms with Gasteiger partial charge in [0.2, 0.25) is 0 Å². The van der Waals surface area contributed by atoms with Gasteiger partial charge in [0.1, 0.15) is 5.75 Å². The van der Waals surface area contributed by atoms with Crippen LogP contribution in [-0.4, -0.2) is 12.4 Å². The summed E-state index contributed by atoms with van der Waals surface area (Å²) in [5.74, 6) is 1.27. The molecule has 2 aromatic rings. The first-order valence-corrected chi connectivity index (χ1v) is 6.63. The van der Waals surface area contributed by atoms with E-state index in [2.05, 4.69) is 6.07 Å². The lowest BCUT2D eigenvalue weighted by molar-refractivity contribution is 0.0956. The summed E-state index contributed by atoms with van der Waals surface area (Å²) >= 11 is 5.65. The maximum Gasteiger partial charge on any atom is 0.198 e. The molecule has 19 heavy (non-hydrogen) atoms. The van der Waals surface area contributed by atoms with Gasteiger partial charge in [-0.15, -0.1) is 0 Å². The highest BCUT2D eigenvalue weighted by Crippen LogP contribution is 2.26. The number of Topliss-reactive ketones (excluding diaryl/α,β-unsaturated/α-hetero) is 1. The molecule has 3 nitrogen and oxygen atoms in total. The summed E-state index contributed by atoms with van der Waals surface area (Å²) in [5, 5.41) is 0.248. The summed E-state index contributed by atoms with van der Waals surface area (Å²) in [6.45, 7) is 0.753. The predicted octanol–water partition coefficient (Wildman–Crippen LogP) is 3.68. The number of fused-ring (bicyclic) bond motifs is 1. The third-order valence-electron chi connectivity index (χ3n) is 3.24. The van der Waals surface area contributed by atoms with Gasteiger partial charge in [-0.05, 0) is 47.3 Å². The van der Waals surface area contributed by atoms with E-state index in [4.69, 9.17) is 20.8 Å². The van der Waals surface area contributed by atoms with Crippen LogP contribution in [0, 0.1) is 0 Å². The molecular weight excluding hydrogens is 264 g/mol. The van der Waals surface area contributed by atoms with E-state index in [1.807, 2.05) is 12.1 Å². The second kappa shape index (κ2) is 5.10. The van der Waals surface area contributed by atoms with Crippen molar-refractivity contribution >= 4 is 17.4 Å². The Morgan fingerprint density at radius 2 is 2.16 bits per heavy atom. The van der Waals surface area contributed by atoms with Crippen molar-refractivity contribution in [1.82, 2.24) is 0 Å². The molecule has 0 N–H and O–H groups in total. The molecule has 0 radical (unpaired) electrons. The van der Waals surface area contributed by atoms with E-state index in [1.165, 1.54) is 5.56 Å². The number of ether oxygens (including phenoxy) is 1. The normalized spacial score (nSPS) is 13.1. The van der Waals surface area contributed by atoms with E-state index >= 15 is 0 Å². The van der Waals surface area contributed by atoms with Crippen molar-refractivity contribution < 1.29 is 13.9 Å². The standard InChI is InChI=1S/C15H13ClO3/c16-15-6-5-14(19-15)12(17)3-1-10-2-4-13-11(9-10)7-8-18-13/h2,4-6,9H,1,3,7-8H2. The Kier molecular flexibility index (Phi) is 3.30. The van der Waals surface area contributed by atoms with Gasteiger partial charge in [-0.25, -0.2) is 0 Å². The number of carbonyl (C=O) groups is 1. The van der Waals surface area contributed by atoms with Crippen molar-refractivity contribution in [2.45, 2.75) is 19.3 Å². The van der Waals surface area contributed by atoms with Crippen molar-refractivity contribution in [3.8, 4) is 5.75 Å². The summed E-state index contributed by atoms with van der Waals surface area (Å²) in [7, 11) is 0. The van der Waals surface area contributed by atoms with Crippen LogP contribution in [0.1, 0.15) is 28.1 Å². The van der Waals surface area contributed by atoms with Crippen molar-refractivity contribution in [2.24, 2.45) is 0 Å². The Balaban J connectivity index is 1.64. The number of hydrogen-bond donors (Lipinski definition) is 0. The van der Waals surface area contributed by atoms with Gasteiger partial charge < -0.3 is 9.15 Å². The number of carbonyl (C=O) groups excluding carboxylic acids is 1. The third-order valence-corrected chi connectivity index (χ3v) is 3.45. The molecule has 1 aliphatic rings. The van der Waals surface area contributed by atoms with Gasteiger partial charge in [-0.3, -0.25) is 4.79 Å². The Labute approximate surface area is 116 Å². The molecule has 3 rings (SSSR count). The Hall–Kier alpha value is -1.74. The molecule has 0 aliphatic carbocycles. The van der Waals surface area contributed by atoms with Crippen LogP contribution in [0.25, 0.3) is 0 Å². The lowest BCUT2D eigenvalue weighted by Gasteiger charge is -2.03. The van der Waals surface area contributed by atoms with Gasteiger partial charge in [0.05, 0.1) is 6.61 Å². The van der Waals surface area contributed by atoms with Gasteiger partial charge in [0, 0.05) is 12.8 Å². The van der Waals surface area contributed by atoms with E-state index < -0.39 is 0 Å². The number of hydrogen-bond acceptors (Lipinski definition) is 3. The van der Waals surface area contributed by atoms with Crippen LogP contribution in [0.4, 0.5) is 0 Å². The molecule has 2 heterocycles. The Bertz CT molecular complexity index is 616. The molecule has 0 saturated heterocycles. The van der Waals surface area contributed by atoms with E-state index in [1.54, 1.807) is 12.1 Å². The van der Waals surface area contributed by atoms with Gasteiger partial charge in [-0.2, -0.15) is 0 Å². The molecule has 0 amide bonds. The average molecular weight is 277 g/mol. The van der Waals surface area contributed by atoms with Crippen LogP contribution in [0.3, 0.4) is 0 Å². The van der Waals surface area contributed by atoms with E-state index in [-0.39, 0.29) is 11.0 Å². The summed E-state index contributed by atoms with van der Waals surface area (Å²) in [6.07, 6.45) is 2.07. The van der Waals surface area contributed by atoms with E-state index in [9.17, 15) is 4.79 Å². The minimum Gasteiger partial charge on any atom is -0.493 e. The second-order valence-electron chi connectivity index (χ2n) is 4.57. The number of benzene rings is 1. The fourth-order valence-corrected chi connectivity index (χ4v) is 2.39. The minimum atomic E-state index is -0.0244. The number of halogens is 1. The molecule has 0 spiro atoms. The van der Waals surface area contributed by atoms with Crippen LogP contribution in [0.15, 0.2) is 34.7 Å². The van der Waals surface area contributed by atoms with Crippen LogP contribution in [0.2, 0.25) is 5.22 Å². The number of rotatable bonds is 4. The van der Waals surface area contributed by atoms with Crippen molar-refractivity contribution in [3.63, 3.8) is 0 Å². The maximum absolute atomic E-state index is 11.9.